The highest BCUT2D eigenvalue weighted by Crippen LogP contribution is 2.19. The molecule has 7 heteroatoms. The summed E-state index contributed by atoms with van der Waals surface area (Å²) >= 11 is 7.34. The van der Waals surface area contributed by atoms with E-state index in [1.54, 1.807) is 12.1 Å². The standard InChI is InChI=1S/C14H17ClN4OS/c1-3-11(16-10-7-5-6-9(15)8-10)13(20)17-14-19-18-12(4-2)21-14/h5-8,11,16H,3-4H2,1-2H3,(H,17,19,20)/t11-/m1/s1. The van der Waals surface area contributed by atoms with Crippen LogP contribution in [0.25, 0.3) is 0 Å². The van der Waals surface area contributed by atoms with Crippen molar-refractivity contribution in [3.8, 4) is 0 Å². The van der Waals surface area contributed by atoms with Gasteiger partial charge in [-0.05, 0) is 31.0 Å². The lowest BCUT2D eigenvalue weighted by Crippen LogP contribution is -2.34. The fourth-order valence-corrected chi connectivity index (χ4v) is 2.64. The van der Waals surface area contributed by atoms with Crippen molar-refractivity contribution in [2.45, 2.75) is 32.7 Å². The van der Waals surface area contributed by atoms with Gasteiger partial charge in [0, 0.05) is 10.7 Å². The predicted octanol–water partition coefficient (Wildman–Crippen LogP) is 3.58. The molecule has 0 fully saturated rings. The molecule has 0 aliphatic rings. The van der Waals surface area contributed by atoms with Crippen LogP contribution >= 0.6 is 22.9 Å². The SMILES string of the molecule is CCc1nnc(NC(=O)[C@@H](CC)Nc2cccc(Cl)c2)s1. The number of hydrogen-bond donors (Lipinski definition) is 2. The van der Waals surface area contributed by atoms with Gasteiger partial charge in [0.15, 0.2) is 0 Å². The first-order valence-electron chi connectivity index (χ1n) is 6.77. The third-order valence-electron chi connectivity index (χ3n) is 2.89. The number of nitrogens with zero attached hydrogens (tertiary/aromatic N) is 2. The Bertz CT molecular complexity index is 617. The molecule has 0 saturated heterocycles. The van der Waals surface area contributed by atoms with Crippen molar-refractivity contribution in [2.24, 2.45) is 0 Å². The Labute approximate surface area is 132 Å². The number of aryl methyl sites for hydroxylation is 1. The van der Waals surface area contributed by atoms with Crippen LogP contribution in [0.3, 0.4) is 0 Å². The summed E-state index contributed by atoms with van der Waals surface area (Å²) in [4.78, 5) is 12.3. The lowest BCUT2D eigenvalue weighted by atomic mass is 10.2. The Morgan fingerprint density at radius 3 is 2.81 bits per heavy atom. The summed E-state index contributed by atoms with van der Waals surface area (Å²) in [6.45, 7) is 3.95. The number of benzene rings is 1. The van der Waals surface area contributed by atoms with Crippen LogP contribution in [0.2, 0.25) is 5.02 Å². The summed E-state index contributed by atoms with van der Waals surface area (Å²) in [6, 6.07) is 6.95. The first-order chi connectivity index (χ1) is 10.1. The van der Waals surface area contributed by atoms with E-state index in [2.05, 4.69) is 20.8 Å². The normalized spacial score (nSPS) is 12.0. The van der Waals surface area contributed by atoms with Crippen LogP contribution in [-0.4, -0.2) is 22.1 Å². The lowest BCUT2D eigenvalue weighted by Gasteiger charge is -2.17. The molecule has 2 aromatic rings. The number of halogens is 1. The molecule has 1 amide bonds. The van der Waals surface area contributed by atoms with E-state index in [9.17, 15) is 4.79 Å². The van der Waals surface area contributed by atoms with Gasteiger partial charge in [-0.2, -0.15) is 0 Å². The second kappa shape index (κ2) is 7.38. The van der Waals surface area contributed by atoms with Gasteiger partial charge in [-0.25, -0.2) is 0 Å². The molecule has 1 aromatic carbocycles. The van der Waals surface area contributed by atoms with E-state index in [1.807, 2.05) is 26.0 Å². The van der Waals surface area contributed by atoms with Gasteiger partial charge in [-0.15, -0.1) is 10.2 Å². The summed E-state index contributed by atoms with van der Waals surface area (Å²) in [5, 5.41) is 16.0. The van der Waals surface area contributed by atoms with Crippen molar-refractivity contribution in [2.75, 3.05) is 10.6 Å². The monoisotopic (exact) mass is 324 g/mol. The molecule has 2 rings (SSSR count). The van der Waals surface area contributed by atoms with Crippen molar-refractivity contribution in [1.29, 1.82) is 0 Å². The maximum absolute atomic E-state index is 12.3. The average Bonchev–Trinajstić information content (AvgIpc) is 2.92. The van der Waals surface area contributed by atoms with Crippen LogP contribution in [-0.2, 0) is 11.2 Å². The molecular formula is C14H17ClN4OS. The maximum Gasteiger partial charge on any atom is 0.248 e. The zero-order valence-corrected chi connectivity index (χ0v) is 13.5. The van der Waals surface area contributed by atoms with Crippen LogP contribution in [0.4, 0.5) is 10.8 Å². The van der Waals surface area contributed by atoms with Gasteiger partial charge in [0.2, 0.25) is 11.0 Å². The summed E-state index contributed by atoms with van der Waals surface area (Å²) in [7, 11) is 0. The Morgan fingerprint density at radius 1 is 1.38 bits per heavy atom. The first kappa shape index (κ1) is 15.7. The third-order valence-corrected chi connectivity index (χ3v) is 4.11. The van der Waals surface area contributed by atoms with Crippen molar-refractivity contribution in [1.82, 2.24) is 10.2 Å². The number of hydrogen-bond acceptors (Lipinski definition) is 5. The predicted molar refractivity (Wildman–Crippen MR) is 87.1 cm³/mol. The highest BCUT2D eigenvalue weighted by atomic mass is 35.5. The van der Waals surface area contributed by atoms with Gasteiger partial charge < -0.3 is 5.32 Å². The summed E-state index contributed by atoms with van der Waals surface area (Å²) in [5.74, 6) is -0.128. The number of nitrogens with one attached hydrogen (secondary N) is 2. The summed E-state index contributed by atoms with van der Waals surface area (Å²) in [6.07, 6.45) is 1.46. The van der Waals surface area contributed by atoms with Gasteiger partial charge in [0.1, 0.15) is 11.0 Å². The minimum Gasteiger partial charge on any atom is -0.374 e. The highest BCUT2D eigenvalue weighted by molar-refractivity contribution is 7.15. The second-order valence-corrected chi connectivity index (χ2v) is 5.96. The molecule has 5 nitrogen and oxygen atoms in total. The van der Waals surface area contributed by atoms with Crippen LogP contribution in [0.5, 0.6) is 0 Å². The third kappa shape index (κ3) is 4.41. The number of anilines is 2. The van der Waals surface area contributed by atoms with Gasteiger partial charge >= 0.3 is 0 Å². The Kier molecular flexibility index (Phi) is 5.52. The lowest BCUT2D eigenvalue weighted by molar-refractivity contribution is -0.117. The van der Waals surface area contributed by atoms with Gasteiger partial charge in [-0.1, -0.05) is 42.9 Å². The van der Waals surface area contributed by atoms with Crippen molar-refractivity contribution in [3.63, 3.8) is 0 Å². The van der Waals surface area contributed by atoms with E-state index < -0.39 is 0 Å². The fourth-order valence-electron chi connectivity index (χ4n) is 1.77. The van der Waals surface area contributed by atoms with E-state index in [1.165, 1.54) is 11.3 Å². The van der Waals surface area contributed by atoms with Crippen molar-refractivity contribution in [3.05, 3.63) is 34.3 Å². The first-order valence-corrected chi connectivity index (χ1v) is 7.97. The molecule has 2 N–H and O–H groups in total. The van der Waals surface area contributed by atoms with Gasteiger partial charge in [0.25, 0.3) is 0 Å². The minimum atomic E-state index is -0.350. The molecule has 112 valence electrons. The second-order valence-electron chi connectivity index (χ2n) is 4.46. The molecule has 1 atom stereocenters. The molecule has 0 aliphatic carbocycles. The Hall–Kier alpha value is -1.66. The number of carbonyl (C=O) groups is 1. The number of aromatic nitrogens is 2. The van der Waals surface area contributed by atoms with Gasteiger partial charge in [0.05, 0.1) is 0 Å². The molecule has 1 heterocycles. The van der Waals surface area contributed by atoms with Gasteiger partial charge in [-0.3, -0.25) is 10.1 Å². The number of amides is 1. The highest BCUT2D eigenvalue weighted by Gasteiger charge is 2.18. The van der Waals surface area contributed by atoms with E-state index in [4.69, 9.17) is 11.6 Å². The molecule has 1 aromatic heterocycles. The van der Waals surface area contributed by atoms with Crippen LogP contribution in [0.1, 0.15) is 25.3 Å². The van der Waals surface area contributed by atoms with Crippen LogP contribution < -0.4 is 10.6 Å². The van der Waals surface area contributed by atoms with Crippen molar-refractivity contribution < 1.29 is 4.79 Å². The Morgan fingerprint density at radius 2 is 2.19 bits per heavy atom. The molecule has 0 spiro atoms. The zero-order chi connectivity index (χ0) is 15.2. The molecule has 0 saturated carbocycles. The largest absolute Gasteiger partial charge is 0.374 e. The summed E-state index contributed by atoms with van der Waals surface area (Å²) < 4.78 is 0. The van der Waals surface area contributed by atoms with E-state index >= 15 is 0 Å². The summed E-state index contributed by atoms with van der Waals surface area (Å²) in [5.41, 5.74) is 0.816. The average molecular weight is 325 g/mol. The van der Waals surface area contributed by atoms with Crippen LogP contribution in [0, 0.1) is 0 Å². The smallest absolute Gasteiger partial charge is 0.248 e. The Balaban J connectivity index is 2.01. The molecule has 0 unspecified atom stereocenters. The van der Waals surface area contributed by atoms with E-state index in [0.717, 1.165) is 17.1 Å². The number of carbonyl (C=O) groups excluding carboxylic acids is 1. The van der Waals surface area contributed by atoms with Crippen LogP contribution in [0.15, 0.2) is 24.3 Å². The molecule has 0 aliphatic heterocycles. The van der Waals surface area contributed by atoms with E-state index in [0.29, 0.717) is 16.6 Å². The topological polar surface area (TPSA) is 66.9 Å². The van der Waals surface area contributed by atoms with Crippen molar-refractivity contribution >= 4 is 39.7 Å². The van der Waals surface area contributed by atoms with E-state index in [-0.39, 0.29) is 11.9 Å². The molecule has 0 bridgehead atoms. The number of rotatable bonds is 6. The molecule has 21 heavy (non-hydrogen) atoms. The molecule has 0 radical (unpaired) electrons. The quantitative estimate of drug-likeness (QED) is 0.852. The molecular weight excluding hydrogens is 308 g/mol. The fraction of sp³-hybridized carbons (Fsp3) is 0.357. The maximum atomic E-state index is 12.3. The zero-order valence-electron chi connectivity index (χ0n) is 11.9. The minimum absolute atomic E-state index is 0.128.